The molecule has 1 aromatic heterocycles. The summed E-state index contributed by atoms with van der Waals surface area (Å²) >= 11 is 8.24. The number of nitrogens with two attached hydrogens (primary N) is 1. The molecule has 6 heteroatoms. The zero-order valence-corrected chi connectivity index (χ0v) is 12.6. The van der Waals surface area contributed by atoms with Crippen molar-refractivity contribution < 1.29 is 4.39 Å². The molecule has 0 aliphatic carbocycles. The van der Waals surface area contributed by atoms with Gasteiger partial charge in [-0.05, 0) is 49.4 Å². The van der Waals surface area contributed by atoms with Crippen LogP contribution in [0.5, 0.6) is 0 Å². The highest BCUT2D eigenvalue weighted by Crippen LogP contribution is 2.29. The van der Waals surface area contributed by atoms with Gasteiger partial charge in [-0.25, -0.2) is 4.39 Å². The van der Waals surface area contributed by atoms with E-state index in [-0.39, 0.29) is 5.82 Å². The van der Waals surface area contributed by atoms with Crippen LogP contribution in [0.3, 0.4) is 0 Å². The van der Waals surface area contributed by atoms with Gasteiger partial charge in [0, 0.05) is 15.4 Å². The van der Waals surface area contributed by atoms with E-state index in [1.165, 1.54) is 10.9 Å². The third-order valence-electron chi connectivity index (χ3n) is 2.22. The second-order valence-corrected chi connectivity index (χ2v) is 6.11. The molecule has 2 rings (SSSR count). The molecule has 2 nitrogen and oxygen atoms in total. The molecule has 1 heterocycles. The van der Waals surface area contributed by atoms with Crippen molar-refractivity contribution >= 4 is 54.6 Å². The molecular weight excluding hydrogens is 371 g/mol. The van der Waals surface area contributed by atoms with Crippen molar-refractivity contribution in [2.75, 3.05) is 11.1 Å². The highest BCUT2D eigenvalue weighted by Gasteiger charge is 2.07. The molecule has 17 heavy (non-hydrogen) atoms. The number of anilines is 2. The van der Waals surface area contributed by atoms with Gasteiger partial charge in [0.25, 0.3) is 0 Å². The van der Waals surface area contributed by atoms with Crippen molar-refractivity contribution in [3.8, 4) is 0 Å². The summed E-state index contributed by atoms with van der Waals surface area (Å²) in [5, 5.41) is 5.19. The van der Waals surface area contributed by atoms with Gasteiger partial charge in [0.2, 0.25) is 0 Å². The first-order chi connectivity index (χ1) is 8.08. The van der Waals surface area contributed by atoms with E-state index in [0.29, 0.717) is 16.7 Å². The van der Waals surface area contributed by atoms with E-state index in [9.17, 15) is 4.39 Å². The molecular formula is C11H9Br2FN2S. The minimum atomic E-state index is -0.356. The molecule has 3 N–H and O–H groups in total. The summed E-state index contributed by atoms with van der Waals surface area (Å²) in [5.41, 5.74) is 6.86. The maximum Gasteiger partial charge on any atom is 0.139 e. The number of nitrogens with one attached hydrogen (secondary N) is 1. The average Bonchev–Trinajstić information content (AvgIpc) is 2.68. The third-order valence-corrected chi connectivity index (χ3v) is 4.76. The van der Waals surface area contributed by atoms with Crippen molar-refractivity contribution in [1.82, 2.24) is 0 Å². The van der Waals surface area contributed by atoms with E-state index in [4.69, 9.17) is 5.73 Å². The van der Waals surface area contributed by atoms with Crippen LogP contribution >= 0.6 is 43.2 Å². The van der Waals surface area contributed by atoms with Crippen molar-refractivity contribution in [2.45, 2.75) is 6.54 Å². The number of hydrogen-bond acceptors (Lipinski definition) is 3. The van der Waals surface area contributed by atoms with E-state index in [0.717, 1.165) is 10.2 Å². The molecule has 0 fully saturated rings. The first-order valence-corrected chi connectivity index (χ1v) is 7.24. The largest absolute Gasteiger partial charge is 0.397 e. The topological polar surface area (TPSA) is 38.0 Å². The van der Waals surface area contributed by atoms with Crippen LogP contribution in [-0.4, -0.2) is 0 Å². The summed E-state index contributed by atoms with van der Waals surface area (Å²) in [5.74, 6) is -0.356. The number of nitrogen functional groups attached to an aromatic ring is 1. The second-order valence-electron chi connectivity index (χ2n) is 3.40. The molecule has 0 saturated heterocycles. The van der Waals surface area contributed by atoms with Gasteiger partial charge >= 0.3 is 0 Å². The Kier molecular flexibility index (Phi) is 4.06. The Morgan fingerprint density at radius 1 is 1.29 bits per heavy atom. The zero-order chi connectivity index (χ0) is 12.4. The fourth-order valence-electron chi connectivity index (χ4n) is 1.34. The van der Waals surface area contributed by atoms with Crippen LogP contribution < -0.4 is 11.1 Å². The lowest BCUT2D eigenvalue weighted by atomic mass is 10.2. The molecule has 0 atom stereocenters. The van der Waals surface area contributed by atoms with Crippen LogP contribution in [0.1, 0.15) is 4.88 Å². The van der Waals surface area contributed by atoms with Gasteiger partial charge in [-0.3, -0.25) is 0 Å². The maximum absolute atomic E-state index is 13.2. The van der Waals surface area contributed by atoms with Crippen LogP contribution in [0.4, 0.5) is 15.8 Å². The molecule has 0 spiro atoms. The van der Waals surface area contributed by atoms with Crippen LogP contribution in [0.25, 0.3) is 0 Å². The summed E-state index contributed by atoms with van der Waals surface area (Å²) in [7, 11) is 0. The first-order valence-electron chi connectivity index (χ1n) is 4.78. The highest BCUT2D eigenvalue weighted by molar-refractivity contribution is 9.10. The lowest BCUT2D eigenvalue weighted by Crippen LogP contribution is -2.02. The van der Waals surface area contributed by atoms with Crippen molar-refractivity contribution in [2.24, 2.45) is 0 Å². The molecule has 90 valence electrons. The lowest BCUT2D eigenvalue weighted by Gasteiger charge is -2.09. The minimum Gasteiger partial charge on any atom is -0.397 e. The monoisotopic (exact) mass is 378 g/mol. The average molecular weight is 380 g/mol. The lowest BCUT2D eigenvalue weighted by molar-refractivity contribution is 0.622. The van der Waals surface area contributed by atoms with Gasteiger partial charge in [-0.2, -0.15) is 0 Å². The highest BCUT2D eigenvalue weighted by atomic mass is 79.9. The fraction of sp³-hybridized carbons (Fsp3) is 0.0909. The predicted molar refractivity (Wildman–Crippen MR) is 77.9 cm³/mol. The first kappa shape index (κ1) is 12.9. The SMILES string of the molecule is Nc1cc(F)c(Br)cc1NCc1sccc1Br. The van der Waals surface area contributed by atoms with Crippen molar-refractivity contribution in [3.05, 3.63) is 43.2 Å². The van der Waals surface area contributed by atoms with Gasteiger partial charge in [-0.1, -0.05) is 0 Å². The minimum absolute atomic E-state index is 0.356. The van der Waals surface area contributed by atoms with E-state index >= 15 is 0 Å². The van der Waals surface area contributed by atoms with Crippen molar-refractivity contribution in [3.63, 3.8) is 0 Å². The molecule has 0 saturated carbocycles. The van der Waals surface area contributed by atoms with Crippen LogP contribution in [0.2, 0.25) is 0 Å². The maximum atomic E-state index is 13.2. The molecule has 2 aromatic rings. The van der Waals surface area contributed by atoms with E-state index in [1.54, 1.807) is 17.4 Å². The third kappa shape index (κ3) is 3.00. The predicted octanol–water partition coefficient (Wildman–Crippen LogP) is 4.61. The Labute approximate surface area is 119 Å². The molecule has 0 radical (unpaired) electrons. The smallest absolute Gasteiger partial charge is 0.139 e. The van der Waals surface area contributed by atoms with Crippen molar-refractivity contribution in [1.29, 1.82) is 0 Å². The molecule has 0 bridgehead atoms. The van der Waals surface area contributed by atoms with Gasteiger partial charge < -0.3 is 11.1 Å². The molecule has 0 aliphatic heterocycles. The van der Waals surface area contributed by atoms with Crippen LogP contribution in [0.15, 0.2) is 32.5 Å². The molecule has 0 amide bonds. The van der Waals surface area contributed by atoms with Crippen LogP contribution in [0, 0.1) is 5.82 Å². The zero-order valence-electron chi connectivity index (χ0n) is 8.64. The normalized spacial score (nSPS) is 10.5. The second kappa shape index (κ2) is 5.37. The number of benzene rings is 1. The molecule has 1 aromatic carbocycles. The van der Waals surface area contributed by atoms with E-state index < -0.39 is 0 Å². The summed E-state index contributed by atoms with van der Waals surface area (Å²) in [4.78, 5) is 1.17. The number of halogens is 3. The van der Waals surface area contributed by atoms with Gasteiger partial charge in [0.05, 0.1) is 22.4 Å². The molecule has 0 unspecified atom stereocenters. The van der Waals surface area contributed by atoms with Gasteiger partial charge in [0.1, 0.15) is 5.82 Å². The number of thiophene rings is 1. The Balaban J connectivity index is 2.14. The van der Waals surface area contributed by atoms with Crippen LogP contribution in [-0.2, 0) is 6.54 Å². The Morgan fingerprint density at radius 2 is 2.06 bits per heavy atom. The Morgan fingerprint density at radius 3 is 2.71 bits per heavy atom. The summed E-state index contributed by atoms with van der Waals surface area (Å²) in [6.07, 6.45) is 0. The van der Waals surface area contributed by atoms with E-state index in [2.05, 4.69) is 37.2 Å². The quantitative estimate of drug-likeness (QED) is 0.764. The summed E-state index contributed by atoms with van der Waals surface area (Å²) in [6, 6.07) is 4.94. The standard InChI is InChI=1S/C11H9Br2FN2S/c12-6-1-2-17-11(6)5-16-10-3-7(13)8(14)4-9(10)15/h1-4,16H,5,15H2. The Bertz CT molecular complexity index is 542. The summed E-state index contributed by atoms with van der Waals surface area (Å²) in [6.45, 7) is 0.653. The fourth-order valence-corrected chi connectivity index (χ4v) is 3.12. The Hall–Kier alpha value is -0.590. The van der Waals surface area contributed by atoms with Gasteiger partial charge in [0.15, 0.2) is 0 Å². The van der Waals surface area contributed by atoms with E-state index in [1.807, 2.05) is 11.4 Å². The van der Waals surface area contributed by atoms with Gasteiger partial charge in [-0.15, -0.1) is 11.3 Å². The molecule has 0 aliphatic rings. The number of hydrogen-bond donors (Lipinski definition) is 2. The summed E-state index contributed by atoms with van der Waals surface area (Å²) < 4.78 is 14.6. The number of rotatable bonds is 3.